The molecule has 0 aliphatic heterocycles. The van der Waals surface area contributed by atoms with Gasteiger partial charge in [0.1, 0.15) is 0 Å². The second-order valence-corrected chi connectivity index (χ2v) is 5.63. The van der Waals surface area contributed by atoms with E-state index in [1.807, 2.05) is 32.3 Å². The van der Waals surface area contributed by atoms with Gasteiger partial charge in [0.2, 0.25) is 5.91 Å². The van der Waals surface area contributed by atoms with Crippen LogP contribution in [0.2, 0.25) is 0 Å². The topological polar surface area (TPSA) is 32.3 Å². The van der Waals surface area contributed by atoms with Gasteiger partial charge in [-0.25, -0.2) is 0 Å². The lowest BCUT2D eigenvalue weighted by molar-refractivity contribution is -0.117. The predicted octanol–water partition coefficient (Wildman–Crippen LogP) is 2.20. The summed E-state index contributed by atoms with van der Waals surface area (Å²) >= 11 is 0. The minimum atomic E-state index is -0.115. The third-order valence-corrected chi connectivity index (χ3v) is 3.16. The van der Waals surface area contributed by atoms with Gasteiger partial charge in [-0.05, 0) is 26.6 Å². The first-order valence-corrected chi connectivity index (χ1v) is 6.49. The monoisotopic (exact) mass is 260 g/mol. The van der Waals surface area contributed by atoms with Gasteiger partial charge in [-0.3, -0.25) is 4.79 Å². The van der Waals surface area contributed by atoms with Gasteiger partial charge in [0.05, 0.1) is 0 Å². The minimum absolute atomic E-state index is 0.0825. The molecule has 1 atom stereocenters. The number of hydrogen-bond acceptors (Lipinski definition) is 2. The second kappa shape index (κ2) is 6.53. The molecule has 1 unspecified atom stereocenters. The number of nitrogens with one attached hydrogen (secondary N) is 1. The van der Waals surface area contributed by atoms with E-state index >= 15 is 0 Å². The Morgan fingerprint density at radius 1 is 1.32 bits per heavy atom. The Morgan fingerprint density at radius 2 is 1.89 bits per heavy atom. The highest BCUT2D eigenvalue weighted by Gasteiger charge is 2.27. The van der Waals surface area contributed by atoms with Crippen LogP contribution in [0.5, 0.6) is 0 Å². The molecule has 0 aromatic heterocycles. The first-order valence-electron chi connectivity index (χ1n) is 6.49. The van der Waals surface area contributed by atoms with Crippen molar-refractivity contribution in [1.29, 1.82) is 0 Å². The largest absolute Gasteiger partial charge is 0.351 e. The quantitative estimate of drug-likeness (QED) is 0.795. The van der Waals surface area contributed by atoms with Crippen LogP contribution < -0.4 is 5.32 Å². The van der Waals surface area contributed by atoms with Crippen LogP contribution in [0, 0.1) is 0 Å². The van der Waals surface area contributed by atoms with Gasteiger partial charge < -0.3 is 10.2 Å². The van der Waals surface area contributed by atoms with E-state index in [0.29, 0.717) is 12.1 Å². The van der Waals surface area contributed by atoms with Crippen LogP contribution in [0.3, 0.4) is 0 Å². The highest BCUT2D eigenvalue weighted by molar-refractivity contribution is 5.92. The zero-order chi connectivity index (χ0) is 14.5. The number of carbonyl (C=O) groups excluding carboxylic acids is 1. The summed E-state index contributed by atoms with van der Waals surface area (Å²) in [6.45, 7) is 9.02. The van der Waals surface area contributed by atoms with Crippen LogP contribution >= 0.6 is 0 Å². The van der Waals surface area contributed by atoms with Crippen LogP contribution in [-0.4, -0.2) is 38.0 Å². The van der Waals surface area contributed by atoms with Gasteiger partial charge in [0.25, 0.3) is 0 Å². The Kier molecular flexibility index (Phi) is 5.31. The van der Waals surface area contributed by atoms with Crippen LogP contribution in [0.1, 0.15) is 19.4 Å². The zero-order valence-corrected chi connectivity index (χ0v) is 12.4. The summed E-state index contributed by atoms with van der Waals surface area (Å²) in [4.78, 5) is 13.8. The van der Waals surface area contributed by atoms with Gasteiger partial charge >= 0.3 is 0 Å². The molecule has 1 amide bonds. The van der Waals surface area contributed by atoms with E-state index in [9.17, 15) is 4.79 Å². The van der Waals surface area contributed by atoms with Crippen LogP contribution in [0.15, 0.2) is 42.5 Å². The number of carbonyl (C=O) groups is 1. The highest BCUT2D eigenvalue weighted by Crippen LogP contribution is 2.23. The molecule has 1 aromatic carbocycles. The van der Waals surface area contributed by atoms with Crippen molar-refractivity contribution in [3.63, 3.8) is 0 Å². The second-order valence-electron chi connectivity index (χ2n) is 5.63. The van der Waals surface area contributed by atoms with Crippen LogP contribution in [-0.2, 0) is 10.2 Å². The van der Waals surface area contributed by atoms with Crippen molar-refractivity contribution in [3.8, 4) is 0 Å². The summed E-state index contributed by atoms with van der Waals surface area (Å²) < 4.78 is 0. The molecular weight excluding hydrogens is 236 g/mol. The average molecular weight is 260 g/mol. The van der Waals surface area contributed by atoms with E-state index in [1.54, 1.807) is 6.92 Å². The standard InChI is InChI=1S/C16H24N2O/c1-13(2)15(19)17-11-16(3,12-18(4)5)14-9-7-6-8-10-14/h6-10H,1,11-12H2,2-5H3,(H,17,19). The molecule has 0 aliphatic rings. The Balaban J connectivity index is 2.88. The van der Waals surface area contributed by atoms with Gasteiger partial charge in [-0.1, -0.05) is 43.8 Å². The molecule has 0 aliphatic carbocycles. The molecule has 0 fully saturated rings. The zero-order valence-electron chi connectivity index (χ0n) is 12.4. The van der Waals surface area contributed by atoms with Crippen molar-refractivity contribution in [2.45, 2.75) is 19.3 Å². The maximum absolute atomic E-state index is 11.7. The van der Waals surface area contributed by atoms with E-state index in [-0.39, 0.29) is 11.3 Å². The number of hydrogen-bond donors (Lipinski definition) is 1. The molecule has 1 rings (SSSR count). The third-order valence-electron chi connectivity index (χ3n) is 3.16. The van der Waals surface area contributed by atoms with Crippen molar-refractivity contribution < 1.29 is 4.79 Å². The summed E-state index contributed by atoms with van der Waals surface area (Å²) in [7, 11) is 4.09. The molecular formula is C16H24N2O. The van der Waals surface area contributed by atoms with Crippen molar-refractivity contribution in [2.75, 3.05) is 27.2 Å². The lowest BCUT2D eigenvalue weighted by Gasteiger charge is -2.33. The molecule has 0 heterocycles. The fourth-order valence-corrected chi connectivity index (χ4v) is 2.21. The van der Waals surface area contributed by atoms with E-state index in [1.165, 1.54) is 5.56 Å². The molecule has 104 valence electrons. The number of nitrogens with zero attached hydrogens (tertiary/aromatic N) is 1. The molecule has 0 spiro atoms. The summed E-state index contributed by atoms with van der Waals surface area (Å²) in [5.74, 6) is -0.0825. The number of rotatable bonds is 6. The minimum Gasteiger partial charge on any atom is -0.351 e. The smallest absolute Gasteiger partial charge is 0.246 e. The van der Waals surface area contributed by atoms with Crippen molar-refractivity contribution in [3.05, 3.63) is 48.0 Å². The molecule has 19 heavy (non-hydrogen) atoms. The predicted molar refractivity (Wildman–Crippen MR) is 80.2 cm³/mol. The molecule has 3 nitrogen and oxygen atoms in total. The van der Waals surface area contributed by atoms with E-state index < -0.39 is 0 Å². The van der Waals surface area contributed by atoms with Gasteiger partial charge in [0.15, 0.2) is 0 Å². The Bertz CT molecular complexity index is 439. The average Bonchev–Trinajstić information content (AvgIpc) is 2.36. The fourth-order valence-electron chi connectivity index (χ4n) is 2.21. The molecule has 0 saturated heterocycles. The Morgan fingerprint density at radius 3 is 2.37 bits per heavy atom. The fraction of sp³-hybridized carbons (Fsp3) is 0.438. The molecule has 1 N–H and O–H groups in total. The molecule has 1 aromatic rings. The Labute approximate surface area is 116 Å². The number of likely N-dealkylation sites (N-methyl/N-ethyl adjacent to an activating group) is 1. The maximum Gasteiger partial charge on any atom is 0.246 e. The van der Waals surface area contributed by atoms with E-state index in [2.05, 4.69) is 35.9 Å². The first-order chi connectivity index (χ1) is 8.85. The summed E-state index contributed by atoms with van der Waals surface area (Å²) in [6.07, 6.45) is 0. The SMILES string of the molecule is C=C(C)C(=O)NCC(C)(CN(C)C)c1ccccc1. The van der Waals surface area contributed by atoms with Crippen LogP contribution in [0.4, 0.5) is 0 Å². The molecule has 0 bridgehead atoms. The normalized spacial score (nSPS) is 13.9. The van der Waals surface area contributed by atoms with Crippen LogP contribution in [0.25, 0.3) is 0 Å². The van der Waals surface area contributed by atoms with Gasteiger partial charge in [-0.2, -0.15) is 0 Å². The van der Waals surface area contributed by atoms with E-state index in [4.69, 9.17) is 0 Å². The number of benzene rings is 1. The molecule has 0 radical (unpaired) electrons. The third kappa shape index (κ3) is 4.52. The van der Waals surface area contributed by atoms with Gasteiger partial charge in [0, 0.05) is 24.1 Å². The van der Waals surface area contributed by atoms with Crippen molar-refractivity contribution >= 4 is 5.91 Å². The summed E-state index contributed by atoms with van der Waals surface area (Å²) in [5.41, 5.74) is 1.65. The Hall–Kier alpha value is -1.61. The lowest BCUT2D eigenvalue weighted by Crippen LogP contribution is -2.45. The van der Waals surface area contributed by atoms with Gasteiger partial charge in [-0.15, -0.1) is 0 Å². The summed E-state index contributed by atoms with van der Waals surface area (Å²) in [6, 6.07) is 10.3. The first kappa shape index (κ1) is 15.4. The lowest BCUT2D eigenvalue weighted by atomic mass is 9.82. The highest BCUT2D eigenvalue weighted by atomic mass is 16.1. The van der Waals surface area contributed by atoms with E-state index in [0.717, 1.165) is 6.54 Å². The van der Waals surface area contributed by atoms with Crippen molar-refractivity contribution in [1.82, 2.24) is 10.2 Å². The molecule has 3 heteroatoms. The number of amides is 1. The maximum atomic E-state index is 11.7. The summed E-state index contributed by atoms with van der Waals surface area (Å²) in [5, 5.41) is 2.96. The van der Waals surface area contributed by atoms with Crippen molar-refractivity contribution in [2.24, 2.45) is 0 Å². The molecule has 0 saturated carbocycles.